The molecule has 0 aliphatic carbocycles. The van der Waals surface area contributed by atoms with Gasteiger partial charge in [0.05, 0.1) is 0 Å². The van der Waals surface area contributed by atoms with Crippen LogP contribution in [0.2, 0.25) is 0 Å². The lowest BCUT2D eigenvalue weighted by molar-refractivity contribution is 1.10. The number of nitrogens with zero attached hydrogens (tertiary/aromatic N) is 3. The number of allylic oxidation sites excluding steroid dienone is 1. The van der Waals surface area contributed by atoms with Crippen LogP contribution in [0, 0.1) is 11.3 Å². The zero-order valence-corrected chi connectivity index (χ0v) is 8.53. The highest BCUT2D eigenvalue weighted by atomic mass is 79.9. The van der Waals surface area contributed by atoms with Crippen molar-refractivity contribution in [2.45, 2.75) is 6.42 Å². The molecule has 0 N–H and O–H groups in total. The minimum absolute atomic E-state index is 0.206. The van der Waals surface area contributed by atoms with Crippen LogP contribution in [0.4, 0.5) is 0 Å². The van der Waals surface area contributed by atoms with Gasteiger partial charge in [-0.3, -0.25) is 0 Å². The maximum Gasteiger partial charge on any atom is 0.232 e. The average Bonchev–Trinajstić information content (AvgIpc) is 2.19. The van der Waals surface area contributed by atoms with Crippen LogP contribution in [0.3, 0.4) is 0 Å². The molecule has 0 fully saturated rings. The predicted octanol–water partition coefficient (Wildman–Crippen LogP) is 2.15. The first-order valence-corrected chi connectivity index (χ1v) is 4.93. The van der Waals surface area contributed by atoms with Crippen molar-refractivity contribution >= 4 is 22.0 Å². The first-order valence-electron chi connectivity index (χ1n) is 3.81. The van der Waals surface area contributed by atoms with Gasteiger partial charge in [0.1, 0.15) is 6.07 Å². The van der Waals surface area contributed by atoms with Crippen LogP contribution in [0.15, 0.2) is 18.5 Å². The van der Waals surface area contributed by atoms with Gasteiger partial charge >= 0.3 is 0 Å². The van der Waals surface area contributed by atoms with Gasteiger partial charge in [0.15, 0.2) is 0 Å². The van der Waals surface area contributed by atoms with E-state index in [-0.39, 0.29) is 5.82 Å². The molecule has 0 unspecified atom stereocenters. The van der Waals surface area contributed by atoms with E-state index in [9.17, 15) is 0 Å². The molecule has 1 rings (SSSR count). The molecule has 0 aliphatic heterocycles. The highest BCUT2D eigenvalue weighted by Gasteiger charge is 1.91. The molecule has 0 saturated heterocycles. The van der Waals surface area contributed by atoms with Crippen LogP contribution < -0.4 is 0 Å². The fraction of sp³-hybridized carbons (Fsp3) is 0.222. The van der Waals surface area contributed by atoms with E-state index >= 15 is 0 Å². The van der Waals surface area contributed by atoms with E-state index in [1.54, 1.807) is 12.4 Å². The van der Waals surface area contributed by atoms with Crippen LogP contribution in [0.5, 0.6) is 0 Å². The predicted molar refractivity (Wildman–Crippen MR) is 54.2 cm³/mol. The first-order chi connectivity index (χ1) is 6.36. The lowest BCUT2D eigenvalue weighted by atomic mass is 10.3. The Morgan fingerprint density at radius 1 is 1.46 bits per heavy atom. The molecule has 66 valence electrons. The van der Waals surface area contributed by atoms with Gasteiger partial charge in [-0.25, -0.2) is 9.97 Å². The van der Waals surface area contributed by atoms with E-state index in [1.165, 1.54) is 0 Å². The maximum absolute atomic E-state index is 8.44. The Hall–Kier alpha value is -1.21. The molecule has 13 heavy (non-hydrogen) atoms. The molecule has 0 aliphatic rings. The molecule has 0 atom stereocenters. The van der Waals surface area contributed by atoms with Crippen molar-refractivity contribution in [3.05, 3.63) is 29.9 Å². The van der Waals surface area contributed by atoms with Crippen molar-refractivity contribution in [2.24, 2.45) is 0 Å². The number of rotatable bonds is 3. The summed E-state index contributed by atoms with van der Waals surface area (Å²) in [5, 5.41) is 9.39. The molecular weight excluding hydrogens is 230 g/mol. The molecule has 0 spiro atoms. The fourth-order valence-corrected chi connectivity index (χ4v) is 1.03. The molecule has 0 radical (unpaired) electrons. The highest BCUT2D eigenvalue weighted by molar-refractivity contribution is 9.09. The second-order valence-electron chi connectivity index (χ2n) is 2.33. The number of halogens is 1. The van der Waals surface area contributed by atoms with E-state index in [4.69, 9.17) is 5.26 Å². The molecule has 0 bridgehead atoms. The zero-order chi connectivity index (χ0) is 9.52. The summed E-state index contributed by atoms with van der Waals surface area (Å²) in [6, 6.07) is 1.87. The Morgan fingerprint density at radius 3 is 2.69 bits per heavy atom. The van der Waals surface area contributed by atoms with E-state index < -0.39 is 0 Å². The smallest absolute Gasteiger partial charge is 0.227 e. The first kappa shape index (κ1) is 9.87. The fourth-order valence-electron chi connectivity index (χ4n) is 0.764. The summed E-state index contributed by atoms with van der Waals surface area (Å²) in [7, 11) is 0. The second-order valence-corrected chi connectivity index (χ2v) is 3.12. The van der Waals surface area contributed by atoms with Crippen LogP contribution in [0.25, 0.3) is 6.08 Å². The zero-order valence-electron chi connectivity index (χ0n) is 6.94. The number of nitriles is 1. The molecule has 4 heteroatoms. The molecular formula is C9H8BrN3. The Morgan fingerprint density at radius 2 is 2.15 bits per heavy atom. The van der Waals surface area contributed by atoms with Crippen LogP contribution >= 0.6 is 15.9 Å². The molecule has 0 aromatic carbocycles. The number of hydrogen-bond acceptors (Lipinski definition) is 3. The van der Waals surface area contributed by atoms with Gasteiger partial charge in [-0.05, 0) is 6.42 Å². The highest BCUT2D eigenvalue weighted by Crippen LogP contribution is 2.00. The Bertz CT molecular complexity index is 324. The SMILES string of the molecule is N#Cc1ncc(C=CCCBr)cn1. The summed E-state index contributed by atoms with van der Waals surface area (Å²) in [6.45, 7) is 0. The minimum atomic E-state index is 0.206. The minimum Gasteiger partial charge on any atom is -0.227 e. The molecule has 3 nitrogen and oxygen atoms in total. The Kier molecular flexibility index (Phi) is 4.13. The van der Waals surface area contributed by atoms with Crippen molar-refractivity contribution in [3.8, 4) is 6.07 Å². The number of alkyl halides is 1. The van der Waals surface area contributed by atoms with Crippen LogP contribution in [0.1, 0.15) is 17.8 Å². The molecule has 1 heterocycles. The van der Waals surface area contributed by atoms with Crippen molar-refractivity contribution < 1.29 is 0 Å². The number of aromatic nitrogens is 2. The van der Waals surface area contributed by atoms with Crippen LogP contribution in [-0.4, -0.2) is 15.3 Å². The third kappa shape index (κ3) is 3.34. The van der Waals surface area contributed by atoms with Crippen molar-refractivity contribution in [3.63, 3.8) is 0 Å². The van der Waals surface area contributed by atoms with Gasteiger partial charge in [-0.1, -0.05) is 28.1 Å². The lowest BCUT2D eigenvalue weighted by Gasteiger charge is -1.90. The van der Waals surface area contributed by atoms with Crippen LogP contribution in [-0.2, 0) is 0 Å². The van der Waals surface area contributed by atoms with Gasteiger partial charge in [0.2, 0.25) is 5.82 Å². The summed E-state index contributed by atoms with van der Waals surface area (Å²) in [4.78, 5) is 7.68. The van der Waals surface area contributed by atoms with Gasteiger partial charge in [0.25, 0.3) is 0 Å². The quantitative estimate of drug-likeness (QED) is 0.758. The van der Waals surface area contributed by atoms with E-state index in [1.807, 2.05) is 18.2 Å². The van der Waals surface area contributed by atoms with Crippen molar-refractivity contribution in [1.82, 2.24) is 9.97 Å². The molecule has 1 aromatic heterocycles. The van der Waals surface area contributed by atoms with Gasteiger partial charge < -0.3 is 0 Å². The average molecular weight is 238 g/mol. The van der Waals surface area contributed by atoms with E-state index in [2.05, 4.69) is 25.9 Å². The standard InChI is InChI=1S/C9H8BrN3/c10-4-2-1-3-8-6-12-9(5-11)13-7-8/h1,3,6-7H,2,4H2. The summed E-state index contributed by atoms with van der Waals surface area (Å²) in [6.07, 6.45) is 8.20. The lowest BCUT2D eigenvalue weighted by Crippen LogP contribution is -1.87. The summed E-state index contributed by atoms with van der Waals surface area (Å²) in [5.74, 6) is 0.206. The molecule has 1 aromatic rings. The largest absolute Gasteiger partial charge is 0.232 e. The monoisotopic (exact) mass is 237 g/mol. The van der Waals surface area contributed by atoms with Gasteiger partial charge in [0, 0.05) is 23.3 Å². The second kappa shape index (κ2) is 5.44. The topological polar surface area (TPSA) is 49.6 Å². The maximum atomic E-state index is 8.44. The Balaban J connectivity index is 2.65. The normalized spacial score (nSPS) is 10.2. The van der Waals surface area contributed by atoms with E-state index in [0.717, 1.165) is 17.3 Å². The molecule has 0 amide bonds. The number of hydrogen-bond donors (Lipinski definition) is 0. The van der Waals surface area contributed by atoms with Crippen molar-refractivity contribution in [1.29, 1.82) is 5.26 Å². The summed E-state index contributed by atoms with van der Waals surface area (Å²) >= 11 is 3.32. The van der Waals surface area contributed by atoms with E-state index in [0.29, 0.717) is 0 Å². The van der Waals surface area contributed by atoms with Crippen molar-refractivity contribution in [2.75, 3.05) is 5.33 Å². The summed E-state index contributed by atoms with van der Waals surface area (Å²) < 4.78 is 0. The summed E-state index contributed by atoms with van der Waals surface area (Å²) in [5.41, 5.74) is 0.917. The third-order valence-corrected chi connectivity index (χ3v) is 1.82. The van der Waals surface area contributed by atoms with Gasteiger partial charge in [-0.15, -0.1) is 0 Å². The molecule has 0 saturated carbocycles. The third-order valence-electron chi connectivity index (χ3n) is 1.36. The van der Waals surface area contributed by atoms with Gasteiger partial charge in [-0.2, -0.15) is 5.26 Å². The Labute approximate surface area is 85.3 Å².